The second kappa shape index (κ2) is 9.18. The number of benzene rings is 1. The summed E-state index contributed by atoms with van der Waals surface area (Å²) in [5.74, 6) is -0.163. The van der Waals surface area contributed by atoms with E-state index in [1.54, 1.807) is 25.1 Å². The average molecular weight is 417 g/mol. The van der Waals surface area contributed by atoms with Crippen LogP contribution < -0.4 is 5.32 Å². The minimum absolute atomic E-state index is 0.204. The van der Waals surface area contributed by atoms with E-state index in [4.69, 9.17) is 16.6 Å². The number of amides is 2. The van der Waals surface area contributed by atoms with Gasteiger partial charge in [0.1, 0.15) is 16.1 Å². The fourth-order valence-electron chi connectivity index (χ4n) is 2.82. The first-order valence-corrected chi connectivity index (χ1v) is 9.97. The monoisotopic (exact) mass is 416 g/mol. The minimum Gasteiger partial charge on any atom is -0.465 e. The molecule has 8 heteroatoms. The molecule has 0 aliphatic carbocycles. The van der Waals surface area contributed by atoms with E-state index in [2.05, 4.69) is 5.32 Å². The van der Waals surface area contributed by atoms with E-state index < -0.39 is 12.1 Å². The van der Waals surface area contributed by atoms with Crippen molar-refractivity contribution in [2.75, 3.05) is 6.61 Å². The van der Waals surface area contributed by atoms with E-state index in [-0.39, 0.29) is 18.4 Å². The lowest BCUT2D eigenvalue weighted by atomic mass is 10.1. The van der Waals surface area contributed by atoms with Crippen molar-refractivity contribution in [2.24, 2.45) is 0 Å². The first-order chi connectivity index (χ1) is 13.5. The Morgan fingerprint density at radius 3 is 2.71 bits per heavy atom. The summed E-state index contributed by atoms with van der Waals surface area (Å²) in [4.78, 5) is 27.1. The van der Waals surface area contributed by atoms with E-state index in [0.717, 1.165) is 17.3 Å². The molecule has 28 heavy (non-hydrogen) atoms. The maximum absolute atomic E-state index is 12.7. The van der Waals surface area contributed by atoms with Gasteiger partial charge in [0.2, 0.25) is 5.91 Å². The third kappa shape index (κ3) is 4.70. The molecule has 1 aromatic heterocycles. The van der Waals surface area contributed by atoms with Crippen LogP contribution in [0.3, 0.4) is 0 Å². The van der Waals surface area contributed by atoms with Gasteiger partial charge < -0.3 is 14.8 Å². The average Bonchev–Trinajstić information content (AvgIpc) is 3.29. The first kappa shape index (κ1) is 20.3. The van der Waals surface area contributed by atoms with Crippen molar-refractivity contribution in [1.82, 2.24) is 10.2 Å². The molecule has 1 aliphatic rings. The zero-order chi connectivity index (χ0) is 20.1. The summed E-state index contributed by atoms with van der Waals surface area (Å²) >= 11 is 6.43. The third-order valence-corrected chi connectivity index (χ3v) is 5.63. The van der Waals surface area contributed by atoms with Gasteiger partial charge in [-0.05, 0) is 31.0 Å². The van der Waals surface area contributed by atoms with E-state index in [1.165, 1.54) is 11.2 Å². The Hall–Kier alpha value is -2.42. The molecule has 0 radical (unpaired) electrons. The van der Waals surface area contributed by atoms with Crippen LogP contribution in [0, 0.1) is 0 Å². The van der Waals surface area contributed by atoms with E-state index >= 15 is 0 Å². The summed E-state index contributed by atoms with van der Waals surface area (Å²) < 4.78 is 5.55. The molecule has 2 amide bonds. The van der Waals surface area contributed by atoms with Gasteiger partial charge in [0.05, 0.1) is 23.8 Å². The highest BCUT2D eigenvalue weighted by atomic mass is 32.2. The number of aliphatic hydroxyl groups excluding tert-OH is 1. The molecule has 3 rings (SSSR count). The molecule has 0 unspecified atom stereocenters. The van der Waals surface area contributed by atoms with Crippen molar-refractivity contribution in [2.45, 2.75) is 25.4 Å². The number of thiocarbonyl (C=S) groups is 1. The quantitative estimate of drug-likeness (QED) is 0.533. The Labute approximate surface area is 172 Å². The highest BCUT2D eigenvalue weighted by Crippen LogP contribution is 2.34. The number of aliphatic hydroxyl groups is 1. The molecule has 0 saturated carbocycles. The molecule has 146 valence electrons. The third-order valence-electron chi connectivity index (χ3n) is 4.30. The molecular formula is C20H20N2O4S2. The molecule has 6 nitrogen and oxygen atoms in total. The van der Waals surface area contributed by atoms with Crippen LogP contribution in [0.15, 0.2) is 58.1 Å². The lowest BCUT2D eigenvalue weighted by molar-refractivity contribution is -0.132. The van der Waals surface area contributed by atoms with Crippen LogP contribution >= 0.6 is 24.0 Å². The number of hydrogen-bond acceptors (Lipinski definition) is 6. The Bertz CT molecular complexity index is 881. The highest BCUT2D eigenvalue weighted by Gasteiger charge is 2.38. The maximum atomic E-state index is 12.7. The van der Waals surface area contributed by atoms with Crippen LogP contribution in [0.5, 0.6) is 0 Å². The summed E-state index contributed by atoms with van der Waals surface area (Å²) in [6, 6.07) is 11.8. The lowest BCUT2D eigenvalue weighted by Crippen LogP contribution is -2.51. The van der Waals surface area contributed by atoms with Crippen molar-refractivity contribution in [3.8, 4) is 0 Å². The number of thioether (sulfide) groups is 1. The van der Waals surface area contributed by atoms with Gasteiger partial charge in [0, 0.05) is 6.08 Å². The zero-order valence-electron chi connectivity index (χ0n) is 15.2. The van der Waals surface area contributed by atoms with Crippen LogP contribution in [0.1, 0.15) is 18.2 Å². The van der Waals surface area contributed by atoms with Gasteiger partial charge in [-0.1, -0.05) is 54.3 Å². The number of hydrogen-bond donors (Lipinski definition) is 2. The number of carbonyl (C=O) groups is 2. The summed E-state index contributed by atoms with van der Waals surface area (Å²) in [6.45, 7) is 1.41. The van der Waals surface area contributed by atoms with Crippen molar-refractivity contribution in [3.63, 3.8) is 0 Å². The Kier molecular flexibility index (Phi) is 6.66. The van der Waals surface area contributed by atoms with E-state index in [9.17, 15) is 14.7 Å². The number of nitrogens with one attached hydrogen (secondary N) is 1. The standard InChI is InChI=1S/C20H20N2O4S2/c1-13(18(24)21-15(12-23)10-14-6-3-2-4-7-14)22-19(25)17(28-20(22)27)11-16-8-5-9-26-16/h2-9,11,13,15,23H,10,12H2,1H3,(H,21,24)/b17-11-/t13-,15-/m1/s1. The van der Waals surface area contributed by atoms with E-state index in [1.807, 2.05) is 30.3 Å². The molecular weight excluding hydrogens is 396 g/mol. The summed E-state index contributed by atoms with van der Waals surface area (Å²) in [6.07, 6.45) is 3.62. The van der Waals surface area contributed by atoms with Gasteiger partial charge in [0.15, 0.2) is 0 Å². The number of furan rings is 1. The Balaban J connectivity index is 1.66. The van der Waals surface area contributed by atoms with Crippen molar-refractivity contribution < 1.29 is 19.1 Å². The van der Waals surface area contributed by atoms with Crippen LogP contribution in [-0.2, 0) is 16.0 Å². The maximum Gasteiger partial charge on any atom is 0.267 e. The van der Waals surface area contributed by atoms with Crippen LogP contribution in [0.2, 0.25) is 0 Å². The molecule has 1 aliphatic heterocycles. The van der Waals surface area contributed by atoms with Crippen molar-refractivity contribution >= 4 is 46.2 Å². The van der Waals surface area contributed by atoms with Crippen molar-refractivity contribution in [1.29, 1.82) is 0 Å². The molecule has 2 atom stereocenters. The second-order valence-corrected chi connectivity index (χ2v) is 8.00. The summed E-state index contributed by atoms with van der Waals surface area (Å²) in [5.41, 5.74) is 1.00. The Morgan fingerprint density at radius 1 is 1.32 bits per heavy atom. The highest BCUT2D eigenvalue weighted by molar-refractivity contribution is 8.26. The number of carbonyl (C=O) groups excluding carboxylic acids is 2. The van der Waals surface area contributed by atoms with Gasteiger partial charge in [-0.3, -0.25) is 14.5 Å². The van der Waals surface area contributed by atoms with Crippen molar-refractivity contribution in [3.05, 3.63) is 65.0 Å². The fraction of sp³-hybridized carbons (Fsp3) is 0.250. The SMILES string of the molecule is C[C@H](C(=O)N[C@@H](CO)Cc1ccccc1)N1C(=O)/C(=C/c2ccco2)SC1=S. The fourth-order valence-corrected chi connectivity index (χ4v) is 4.21. The molecule has 2 N–H and O–H groups in total. The normalized spacial score (nSPS) is 17.8. The minimum atomic E-state index is -0.792. The van der Waals surface area contributed by atoms with Crippen LogP contribution in [-0.4, -0.2) is 44.8 Å². The molecule has 1 saturated heterocycles. The van der Waals surface area contributed by atoms with Gasteiger partial charge >= 0.3 is 0 Å². The first-order valence-electron chi connectivity index (χ1n) is 8.75. The smallest absolute Gasteiger partial charge is 0.267 e. The van der Waals surface area contributed by atoms with Gasteiger partial charge in [-0.2, -0.15) is 0 Å². The predicted molar refractivity (Wildman–Crippen MR) is 112 cm³/mol. The summed E-state index contributed by atoms with van der Waals surface area (Å²) in [7, 11) is 0. The lowest BCUT2D eigenvalue weighted by Gasteiger charge is -2.25. The van der Waals surface area contributed by atoms with Crippen LogP contribution in [0.25, 0.3) is 6.08 Å². The zero-order valence-corrected chi connectivity index (χ0v) is 16.8. The summed E-state index contributed by atoms with van der Waals surface area (Å²) in [5, 5.41) is 12.4. The largest absolute Gasteiger partial charge is 0.465 e. The molecule has 0 spiro atoms. The predicted octanol–water partition coefficient (Wildman–Crippen LogP) is 2.59. The topological polar surface area (TPSA) is 82.8 Å². The number of rotatable bonds is 7. The van der Waals surface area contributed by atoms with Gasteiger partial charge in [-0.15, -0.1) is 0 Å². The molecule has 1 fully saturated rings. The Morgan fingerprint density at radius 2 is 2.07 bits per heavy atom. The van der Waals surface area contributed by atoms with E-state index in [0.29, 0.717) is 21.4 Å². The van der Waals surface area contributed by atoms with Crippen LogP contribution in [0.4, 0.5) is 0 Å². The molecule has 1 aromatic carbocycles. The molecule has 2 heterocycles. The molecule has 0 bridgehead atoms. The van der Waals surface area contributed by atoms with Gasteiger partial charge in [0.25, 0.3) is 5.91 Å². The second-order valence-electron chi connectivity index (χ2n) is 6.32. The van der Waals surface area contributed by atoms with Gasteiger partial charge in [-0.25, -0.2) is 0 Å². The molecule has 2 aromatic rings. The number of nitrogens with zero attached hydrogens (tertiary/aromatic N) is 1.